The molecular weight excluding hydrogens is 392 g/mol. The van der Waals surface area contributed by atoms with Crippen LogP contribution in [0.3, 0.4) is 0 Å². The van der Waals surface area contributed by atoms with Gasteiger partial charge in [0.25, 0.3) is 0 Å². The number of nitrogens with zero attached hydrogens (tertiary/aromatic N) is 2. The monoisotopic (exact) mass is 414 g/mol. The number of thiophene rings is 1. The van der Waals surface area contributed by atoms with Crippen LogP contribution in [0.4, 0.5) is 11.6 Å². The number of hydrogen-bond donors (Lipinski definition) is 2. The van der Waals surface area contributed by atoms with E-state index in [0.717, 1.165) is 51.5 Å². The molecule has 1 fully saturated rings. The first-order valence-corrected chi connectivity index (χ1v) is 10.7. The molecule has 1 aliphatic heterocycles. The molecule has 1 unspecified atom stereocenters. The summed E-state index contributed by atoms with van der Waals surface area (Å²) in [5, 5.41) is 6.75. The summed E-state index contributed by atoms with van der Waals surface area (Å²) in [7, 11) is 0. The van der Waals surface area contributed by atoms with Gasteiger partial charge in [-0.15, -0.1) is 11.3 Å². The highest BCUT2D eigenvalue weighted by molar-refractivity contribution is 7.19. The Kier molecular flexibility index (Phi) is 6.10. The third-order valence-electron chi connectivity index (χ3n) is 4.79. The molecule has 0 amide bonds. The van der Waals surface area contributed by atoms with Gasteiger partial charge < -0.3 is 15.4 Å². The van der Waals surface area contributed by atoms with Crippen LogP contribution in [-0.2, 0) is 0 Å². The van der Waals surface area contributed by atoms with Gasteiger partial charge >= 0.3 is 0 Å². The van der Waals surface area contributed by atoms with Crippen LogP contribution in [0.2, 0.25) is 4.34 Å². The number of ether oxygens (including phenoxy) is 1. The van der Waals surface area contributed by atoms with Crippen molar-refractivity contribution in [2.75, 3.05) is 18.5 Å². The summed E-state index contributed by atoms with van der Waals surface area (Å²) in [6, 6.07) is 12.4. The third-order valence-corrected chi connectivity index (χ3v) is 6.02. The molecule has 0 aliphatic carbocycles. The summed E-state index contributed by atoms with van der Waals surface area (Å²) in [4.78, 5) is 10.1. The number of benzene rings is 1. The summed E-state index contributed by atoms with van der Waals surface area (Å²) in [6.07, 6.45) is 5.40. The quantitative estimate of drug-likeness (QED) is 0.539. The molecule has 0 spiro atoms. The number of anilines is 2. The molecule has 3 aromatic rings. The summed E-state index contributed by atoms with van der Waals surface area (Å²) < 4.78 is 6.61. The van der Waals surface area contributed by atoms with Crippen LogP contribution in [-0.4, -0.2) is 29.2 Å². The van der Waals surface area contributed by atoms with E-state index in [1.165, 1.54) is 24.2 Å². The second kappa shape index (κ2) is 8.90. The Morgan fingerprint density at radius 2 is 2.11 bits per heavy atom. The molecule has 1 atom stereocenters. The lowest BCUT2D eigenvalue weighted by Gasteiger charge is -2.12. The minimum atomic E-state index is 0.561. The van der Waals surface area contributed by atoms with Crippen LogP contribution in [0, 0.1) is 6.92 Å². The molecule has 28 heavy (non-hydrogen) atoms. The normalized spacial score (nSPS) is 16.3. The second-order valence-electron chi connectivity index (χ2n) is 6.91. The molecule has 1 saturated heterocycles. The molecule has 5 nitrogen and oxygen atoms in total. The second-order valence-corrected chi connectivity index (χ2v) is 8.62. The Bertz CT molecular complexity index is 922. The maximum atomic E-state index is 6.06. The lowest BCUT2D eigenvalue weighted by atomic mass is 10.2. The van der Waals surface area contributed by atoms with Gasteiger partial charge in [0.15, 0.2) is 0 Å². The standard InChI is InChI=1S/C21H23ClN4OS/c1-14-13-24-21(26-20(14)18-8-9-19(22)28-18)25-16-4-6-17(7-5-16)27-12-10-15-3-2-11-23-15/h4-9,13,15,23H,2-3,10-12H2,1H3,(H,24,25,26). The van der Waals surface area contributed by atoms with Crippen LogP contribution >= 0.6 is 22.9 Å². The first kappa shape index (κ1) is 19.2. The fourth-order valence-corrected chi connectivity index (χ4v) is 4.38. The average Bonchev–Trinajstić information content (AvgIpc) is 3.36. The van der Waals surface area contributed by atoms with E-state index in [1.807, 2.05) is 49.5 Å². The molecule has 0 saturated carbocycles. The molecule has 2 N–H and O–H groups in total. The maximum absolute atomic E-state index is 6.06. The fraction of sp³-hybridized carbons (Fsp3) is 0.333. The summed E-state index contributed by atoms with van der Waals surface area (Å²) >= 11 is 7.58. The Morgan fingerprint density at radius 1 is 1.25 bits per heavy atom. The van der Waals surface area contributed by atoms with Crippen molar-refractivity contribution in [2.45, 2.75) is 32.2 Å². The summed E-state index contributed by atoms with van der Waals surface area (Å²) in [5.41, 5.74) is 2.84. The average molecular weight is 415 g/mol. The lowest BCUT2D eigenvalue weighted by molar-refractivity contribution is 0.292. The van der Waals surface area contributed by atoms with E-state index < -0.39 is 0 Å². The van der Waals surface area contributed by atoms with Gasteiger partial charge in [0.1, 0.15) is 5.75 Å². The lowest BCUT2D eigenvalue weighted by Crippen LogP contribution is -2.23. The summed E-state index contributed by atoms with van der Waals surface area (Å²) in [6.45, 7) is 3.87. The number of aromatic nitrogens is 2. The van der Waals surface area contributed by atoms with Crippen molar-refractivity contribution in [2.24, 2.45) is 0 Å². The molecule has 1 aliphatic rings. The van der Waals surface area contributed by atoms with E-state index in [9.17, 15) is 0 Å². The highest BCUT2D eigenvalue weighted by atomic mass is 35.5. The van der Waals surface area contributed by atoms with Gasteiger partial charge in [-0.1, -0.05) is 11.6 Å². The van der Waals surface area contributed by atoms with E-state index >= 15 is 0 Å². The SMILES string of the molecule is Cc1cnc(Nc2ccc(OCCC3CCCN3)cc2)nc1-c1ccc(Cl)s1. The van der Waals surface area contributed by atoms with Gasteiger partial charge in [-0.2, -0.15) is 0 Å². The fourth-order valence-electron chi connectivity index (χ4n) is 3.28. The molecule has 7 heteroatoms. The van der Waals surface area contributed by atoms with Crippen molar-refractivity contribution in [3.05, 3.63) is 52.5 Å². The Hall–Kier alpha value is -2.15. The van der Waals surface area contributed by atoms with Crippen molar-refractivity contribution < 1.29 is 4.74 Å². The predicted molar refractivity (Wildman–Crippen MR) is 116 cm³/mol. The van der Waals surface area contributed by atoms with Crippen molar-refractivity contribution >= 4 is 34.6 Å². The zero-order valence-corrected chi connectivity index (χ0v) is 17.3. The summed E-state index contributed by atoms with van der Waals surface area (Å²) in [5.74, 6) is 1.44. The zero-order valence-electron chi connectivity index (χ0n) is 15.7. The van der Waals surface area contributed by atoms with Gasteiger partial charge in [-0.25, -0.2) is 9.97 Å². The number of rotatable bonds is 7. The number of hydrogen-bond acceptors (Lipinski definition) is 6. The smallest absolute Gasteiger partial charge is 0.227 e. The van der Waals surface area contributed by atoms with Crippen LogP contribution in [0.5, 0.6) is 5.75 Å². The molecule has 146 valence electrons. The predicted octanol–water partition coefficient (Wildman–Crippen LogP) is 5.43. The van der Waals surface area contributed by atoms with E-state index in [-0.39, 0.29) is 0 Å². The molecule has 3 heterocycles. The van der Waals surface area contributed by atoms with Crippen LogP contribution in [0.1, 0.15) is 24.8 Å². The van der Waals surface area contributed by atoms with Crippen molar-refractivity contribution in [1.29, 1.82) is 0 Å². The minimum Gasteiger partial charge on any atom is -0.494 e. The number of nitrogens with one attached hydrogen (secondary N) is 2. The number of halogens is 1. The minimum absolute atomic E-state index is 0.561. The molecule has 2 aromatic heterocycles. The van der Waals surface area contributed by atoms with Gasteiger partial charge in [-0.05, 0) is 74.7 Å². The molecule has 4 rings (SSSR count). The van der Waals surface area contributed by atoms with Gasteiger partial charge in [0.05, 0.1) is 21.5 Å². The topological polar surface area (TPSA) is 59.1 Å². The van der Waals surface area contributed by atoms with E-state index in [2.05, 4.69) is 20.6 Å². The Labute approximate surface area is 174 Å². The van der Waals surface area contributed by atoms with Gasteiger partial charge in [-0.3, -0.25) is 0 Å². The van der Waals surface area contributed by atoms with Crippen LogP contribution in [0.15, 0.2) is 42.6 Å². The van der Waals surface area contributed by atoms with E-state index in [4.69, 9.17) is 16.3 Å². The highest BCUT2D eigenvalue weighted by Crippen LogP contribution is 2.32. The Balaban J connectivity index is 1.37. The molecule has 1 aromatic carbocycles. The largest absolute Gasteiger partial charge is 0.494 e. The highest BCUT2D eigenvalue weighted by Gasteiger charge is 2.13. The van der Waals surface area contributed by atoms with Crippen molar-refractivity contribution in [1.82, 2.24) is 15.3 Å². The van der Waals surface area contributed by atoms with E-state index in [0.29, 0.717) is 12.0 Å². The molecule has 0 radical (unpaired) electrons. The van der Waals surface area contributed by atoms with E-state index in [1.54, 1.807) is 0 Å². The van der Waals surface area contributed by atoms with Crippen LogP contribution < -0.4 is 15.4 Å². The number of aryl methyl sites for hydroxylation is 1. The first-order valence-electron chi connectivity index (χ1n) is 9.50. The van der Waals surface area contributed by atoms with Crippen LogP contribution in [0.25, 0.3) is 10.6 Å². The van der Waals surface area contributed by atoms with Gasteiger partial charge in [0, 0.05) is 17.9 Å². The van der Waals surface area contributed by atoms with Crippen molar-refractivity contribution in [3.8, 4) is 16.3 Å². The zero-order chi connectivity index (χ0) is 19.3. The third kappa shape index (κ3) is 4.82. The Morgan fingerprint density at radius 3 is 2.82 bits per heavy atom. The molecule has 0 bridgehead atoms. The maximum Gasteiger partial charge on any atom is 0.227 e. The van der Waals surface area contributed by atoms with Crippen molar-refractivity contribution in [3.63, 3.8) is 0 Å². The van der Waals surface area contributed by atoms with Gasteiger partial charge in [0.2, 0.25) is 5.95 Å². The molecular formula is C21H23ClN4OS. The first-order chi connectivity index (χ1) is 13.7.